The fraction of sp³-hybridized carbons (Fsp3) is 0.471. The van der Waals surface area contributed by atoms with Gasteiger partial charge in [0.15, 0.2) is 18.1 Å². The van der Waals surface area contributed by atoms with Crippen LogP contribution in [0.3, 0.4) is 0 Å². The van der Waals surface area contributed by atoms with Gasteiger partial charge in [0.05, 0.1) is 4.87 Å². The number of rotatable bonds is 4. The third kappa shape index (κ3) is 3.34. The van der Waals surface area contributed by atoms with Gasteiger partial charge < -0.3 is 24.4 Å². The van der Waals surface area contributed by atoms with Crippen molar-refractivity contribution in [2.45, 2.75) is 37.0 Å². The smallest absolute Gasteiger partial charge is 0.454 e. The molecule has 0 radical (unpaired) electrons. The Labute approximate surface area is 162 Å². The summed E-state index contributed by atoms with van der Waals surface area (Å²) in [6, 6.07) is 3.04. The van der Waals surface area contributed by atoms with Gasteiger partial charge >= 0.3 is 12.3 Å². The van der Waals surface area contributed by atoms with E-state index in [1.807, 2.05) is 6.92 Å². The van der Waals surface area contributed by atoms with Gasteiger partial charge in [-0.25, -0.2) is 4.79 Å². The van der Waals surface area contributed by atoms with Crippen molar-refractivity contribution in [2.75, 3.05) is 17.7 Å². The number of hydrogen-bond donors (Lipinski definition) is 1. The Morgan fingerprint density at radius 2 is 2.11 bits per heavy atom. The minimum atomic E-state index is -3.75. The number of carbonyl (C=O) groups excluding carboxylic acids is 3. The molecule has 2 saturated heterocycles. The number of amides is 2. The zero-order valence-corrected chi connectivity index (χ0v) is 15.5. The highest BCUT2D eigenvalue weighted by Crippen LogP contribution is 2.47. The summed E-state index contributed by atoms with van der Waals surface area (Å²) in [5.41, 5.74) is 0.180. The molecular weight excluding hydrogens is 398 g/mol. The highest BCUT2D eigenvalue weighted by Gasteiger charge is 2.53. The van der Waals surface area contributed by atoms with Gasteiger partial charge in [-0.3, -0.25) is 9.59 Å². The molecule has 11 heteroatoms. The average Bonchev–Trinajstić information content (AvgIpc) is 3.22. The average molecular weight is 414 g/mol. The Kier molecular flexibility index (Phi) is 4.36. The van der Waals surface area contributed by atoms with E-state index in [4.69, 9.17) is 4.74 Å². The molecule has 28 heavy (non-hydrogen) atoms. The van der Waals surface area contributed by atoms with Gasteiger partial charge in [-0.05, 0) is 25.5 Å². The summed E-state index contributed by atoms with van der Waals surface area (Å²) in [5, 5.41) is 2.43. The molecule has 0 aliphatic carbocycles. The molecule has 3 aliphatic rings. The van der Waals surface area contributed by atoms with Crippen LogP contribution < -0.4 is 14.8 Å². The van der Waals surface area contributed by atoms with Crippen LogP contribution >= 0.6 is 11.8 Å². The number of fused-ring (bicyclic) bond motifs is 2. The minimum absolute atomic E-state index is 0.101. The fourth-order valence-corrected chi connectivity index (χ4v) is 4.87. The summed E-state index contributed by atoms with van der Waals surface area (Å²) in [6.07, 6.45) is -2.69. The van der Waals surface area contributed by atoms with E-state index in [0.29, 0.717) is 18.6 Å². The second kappa shape index (κ2) is 6.50. The van der Waals surface area contributed by atoms with E-state index in [9.17, 15) is 23.2 Å². The molecule has 0 unspecified atom stereocenters. The van der Waals surface area contributed by atoms with Gasteiger partial charge in [0.25, 0.3) is 5.91 Å². The van der Waals surface area contributed by atoms with Crippen LogP contribution in [-0.4, -0.2) is 52.3 Å². The molecule has 0 spiro atoms. The third-order valence-corrected chi connectivity index (χ3v) is 6.25. The minimum Gasteiger partial charge on any atom is -0.454 e. The van der Waals surface area contributed by atoms with Crippen molar-refractivity contribution in [3.05, 3.63) is 18.2 Å². The van der Waals surface area contributed by atoms with Crippen molar-refractivity contribution in [1.82, 2.24) is 4.90 Å². The predicted molar refractivity (Wildman–Crippen MR) is 93.0 cm³/mol. The first-order chi connectivity index (χ1) is 13.2. The maximum absolute atomic E-state index is 13.0. The van der Waals surface area contributed by atoms with Crippen LogP contribution in [0.5, 0.6) is 11.5 Å². The first-order valence-corrected chi connectivity index (χ1v) is 9.48. The Bertz CT molecular complexity index is 866. The van der Waals surface area contributed by atoms with E-state index < -0.39 is 35.7 Å². The molecule has 0 saturated carbocycles. The number of halogens is 2. The van der Waals surface area contributed by atoms with E-state index in [0.717, 1.165) is 0 Å². The standard InChI is InChI=1S/C17H16F2N2O6S/c1-16-5-4-14(23)21(16)10(8-28-16)15(24)25-7-13(22)20-9-2-3-11-12(6-9)27-17(18,19)26-11/h2-3,6,10H,4-5,7-8H2,1H3,(H,20,22)/t10-,16-/m0/s1. The number of nitrogens with zero attached hydrogens (tertiary/aromatic N) is 1. The molecule has 1 N–H and O–H groups in total. The molecule has 2 amide bonds. The Hall–Kier alpha value is -2.56. The van der Waals surface area contributed by atoms with E-state index in [-0.39, 0.29) is 23.1 Å². The molecule has 0 aromatic heterocycles. The topological polar surface area (TPSA) is 94.2 Å². The van der Waals surface area contributed by atoms with Crippen LogP contribution in [0.4, 0.5) is 14.5 Å². The second-order valence-electron chi connectivity index (χ2n) is 6.75. The Morgan fingerprint density at radius 3 is 2.89 bits per heavy atom. The Morgan fingerprint density at radius 1 is 1.36 bits per heavy atom. The number of ether oxygens (including phenoxy) is 3. The molecule has 3 heterocycles. The Balaban J connectivity index is 1.32. The molecule has 8 nitrogen and oxygen atoms in total. The van der Waals surface area contributed by atoms with Crippen molar-refractivity contribution in [3.63, 3.8) is 0 Å². The van der Waals surface area contributed by atoms with Crippen LogP contribution in [-0.2, 0) is 19.1 Å². The highest BCUT2D eigenvalue weighted by atomic mass is 32.2. The van der Waals surface area contributed by atoms with E-state index >= 15 is 0 Å². The van der Waals surface area contributed by atoms with Gasteiger partial charge in [-0.15, -0.1) is 20.5 Å². The van der Waals surface area contributed by atoms with Gasteiger partial charge in [0.1, 0.15) is 6.04 Å². The first kappa shape index (κ1) is 18.8. The predicted octanol–water partition coefficient (Wildman–Crippen LogP) is 1.94. The van der Waals surface area contributed by atoms with E-state index in [1.165, 1.54) is 34.9 Å². The number of alkyl halides is 2. The molecule has 1 aromatic rings. The number of carbonyl (C=O) groups is 3. The second-order valence-corrected chi connectivity index (χ2v) is 8.25. The molecule has 3 aliphatic heterocycles. The number of hydrogen-bond acceptors (Lipinski definition) is 7. The molecule has 4 rings (SSSR count). The van der Waals surface area contributed by atoms with Crippen LogP contribution in [0.1, 0.15) is 19.8 Å². The fourth-order valence-electron chi connectivity index (χ4n) is 3.45. The zero-order chi connectivity index (χ0) is 20.1. The summed E-state index contributed by atoms with van der Waals surface area (Å²) < 4.78 is 39.7. The van der Waals surface area contributed by atoms with Gasteiger partial charge in [0, 0.05) is 23.9 Å². The van der Waals surface area contributed by atoms with Crippen LogP contribution in [0.25, 0.3) is 0 Å². The maximum atomic E-state index is 13.0. The van der Waals surface area contributed by atoms with Crippen LogP contribution in [0.2, 0.25) is 0 Å². The van der Waals surface area contributed by atoms with Crippen molar-refractivity contribution in [3.8, 4) is 11.5 Å². The highest BCUT2D eigenvalue weighted by molar-refractivity contribution is 8.01. The molecule has 2 fully saturated rings. The van der Waals surface area contributed by atoms with E-state index in [1.54, 1.807) is 0 Å². The van der Waals surface area contributed by atoms with Crippen LogP contribution in [0, 0.1) is 0 Å². The summed E-state index contributed by atoms with van der Waals surface area (Å²) in [5.74, 6) is -1.34. The summed E-state index contributed by atoms with van der Waals surface area (Å²) in [6.45, 7) is 1.34. The summed E-state index contributed by atoms with van der Waals surface area (Å²) >= 11 is 1.52. The lowest BCUT2D eigenvalue weighted by Gasteiger charge is -2.29. The van der Waals surface area contributed by atoms with Crippen molar-refractivity contribution in [1.29, 1.82) is 0 Å². The number of esters is 1. The van der Waals surface area contributed by atoms with Gasteiger partial charge in [-0.2, -0.15) is 0 Å². The van der Waals surface area contributed by atoms with Gasteiger partial charge in [-0.1, -0.05) is 0 Å². The summed E-state index contributed by atoms with van der Waals surface area (Å²) in [4.78, 5) is 37.5. The molecule has 1 aromatic carbocycles. The number of thioether (sulfide) groups is 1. The van der Waals surface area contributed by atoms with Crippen LogP contribution in [0.15, 0.2) is 18.2 Å². The summed E-state index contributed by atoms with van der Waals surface area (Å²) in [7, 11) is 0. The molecular formula is C17H16F2N2O6S. The van der Waals surface area contributed by atoms with Crippen molar-refractivity contribution in [2.24, 2.45) is 0 Å². The monoisotopic (exact) mass is 414 g/mol. The largest absolute Gasteiger partial charge is 0.586 e. The first-order valence-electron chi connectivity index (χ1n) is 8.49. The zero-order valence-electron chi connectivity index (χ0n) is 14.7. The lowest BCUT2D eigenvalue weighted by Crippen LogP contribution is -2.47. The third-order valence-electron chi connectivity index (χ3n) is 4.75. The molecule has 2 atom stereocenters. The number of anilines is 1. The quantitative estimate of drug-likeness (QED) is 0.753. The normalized spacial score (nSPS) is 26.9. The van der Waals surface area contributed by atoms with Gasteiger partial charge in [0.2, 0.25) is 5.91 Å². The number of nitrogens with one attached hydrogen (secondary N) is 1. The SMILES string of the molecule is C[C@]12CCC(=O)N1[C@H](C(=O)OCC(=O)Nc1ccc3c(c1)OC(F)(F)O3)CS2. The van der Waals surface area contributed by atoms with Crippen molar-refractivity contribution >= 4 is 35.2 Å². The lowest BCUT2D eigenvalue weighted by molar-refractivity contribution is -0.286. The van der Waals surface area contributed by atoms with E-state index in [2.05, 4.69) is 14.8 Å². The molecule has 150 valence electrons. The van der Waals surface area contributed by atoms with Crippen molar-refractivity contribution < 1.29 is 37.4 Å². The number of benzene rings is 1. The molecule has 0 bridgehead atoms. The maximum Gasteiger partial charge on any atom is 0.586 e. The lowest BCUT2D eigenvalue weighted by atomic mass is 10.2.